The van der Waals surface area contributed by atoms with Crippen molar-refractivity contribution in [1.29, 1.82) is 0 Å². The molecule has 2 heterocycles. The summed E-state index contributed by atoms with van der Waals surface area (Å²) >= 11 is 1.59. The molecular formula is C16H17N5OS. The van der Waals surface area contributed by atoms with E-state index < -0.39 is 0 Å². The number of thiazole rings is 1. The minimum absolute atomic E-state index is 0.149. The summed E-state index contributed by atoms with van der Waals surface area (Å²) in [5.74, 6) is -0.149. The lowest BCUT2D eigenvalue weighted by Crippen LogP contribution is -2.11. The van der Waals surface area contributed by atoms with Crippen LogP contribution in [-0.4, -0.2) is 25.9 Å². The van der Waals surface area contributed by atoms with Crippen molar-refractivity contribution in [2.45, 2.75) is 39.2 Å². The first kappa shape index (κ1) is 14.3. The van der Waals surface area contributed by atoms with E-state index in [2.05, 4.69) is 20.6 Å². The molecular weight excluding hydrogens is 310 g/mol. The lowest BCUT2D eigenvalue weighted by molar-refractivity contribution is 0.102. The van der Waals surface area contributed by atoms with E-state index in [4.69, 9.17) is 0 Å². The standard InChI is InChI=1S/C16H17N5OS/c1-2-21-13-8-7-10(9-12(13)19-20-21)15(22)18-16-17-11-5-3-4-6-14(11)23-16/h7-9H,2-6H2,1H3,(H,17,18,22). The highest BCUT2D eigenvalue weighted by Gasteiger charge is 2.17. The van der Waals surface area contributed by atoms with Crippen LogP contribution >= 0.6 is 11.3 Å². The zero-order chi connectivity index (χ0) is 15.8. The van der Waals surface area contributed by atoms with Crippen LogP contribution in [0.3, 0.4) is 0 Å². The van der Waals surface area contributed by atoms with Gasteiger partial charge in [0.2, 0.25) is 0 Å². The molecule has 4 rings (SSSR count). The van der Waals surface area contributed by atoms with Crippen LogP contribution in [-0.2, 0) is 19.4 Å². The number of hydrogen-bond donors (Lipinski definition) is 1. The molecule has 0 saturated carbocycles. The smallest absolute Gasteiger partial charge is 0.257 e. The first-order valence-corrected chi connectivity index (χ1v) is 8.69. The molecule has 2 aromatic heterocycles. The molecule has 1 amide bonds. The normalized spacial score (nSPS) is 14.0. The van der Waals surface area contributed by atoms with Crippen LogP contribution in [0, 0.1) is 0 Å². The van der Waals surface area contributed by atoms with Gasteiger partial charge in [-0.15, -0.1) is 16.4 Å². The van der Waals surface area contributed by atoms with E-state index >= 15 is 0 Å². The van der Waals surface area contributed by atoms with Crippen LogP contribution in [0.15, 0.2) is 18.2 Å². The monoisotopic (exact) mass is 327 g/mol. The molecule has 6 nitrogen and oxygen atoms in total. The number of aryl methyl sites for hydroxylation is 3. The Bertz CT molecular complexity index is 858. The predicted molar refractivity (Wildman–Crippen MR) is 89.9 cm³/mol. The second-order valence-electron chi connectivity index (χ2n) is 5.66. The zero-order valence-electron chi connectivity index (χ0n) is 12.9. The van der Waals surface area contributed by atoms with Crippen LogP contribution in [0.1, 0.15) is 40.7 Å². The maximum atomic E-state index is 12.4. The molecule has 1 aliphatic carbocycles. The number of amides is 1. The molecule has 1 N–H and O–H groups in total. The Morgan fingerprint density at radius 2 is 2.22 bits per heavy atom. The molecule has 0 atom stereocenters. The van der Waals surface area contributed by atoms with Gasteiger partial charge < -0.3 is 0 Å². The van der Waals surface area contributed by atoms with Crippen molar-refractivity contribution in [1.82, 2.24) is 20.0 Å². The third kappa shape index (κ3) is 2.61. The average molecular weight is 327 g/mol. The van der Waals surface area contributed by atoms with Crippen LogP contribution in [0.25, 0.3) is 11.0 Å². The van der Waals surface area contributed by atoms with E-state index in [1.807, 2.05) is 17.7 Å². The zero-order valence-corrected chi connectivity index (χ0v) is 13.7. The Labute approximate surface area is 137 Å². The fourth-order valence-electron chi connectivity index (χ4n) is 2.92. The van der Waals surface area contributed by atoms with Crippen LogP contribution < -0.4 is 5.32 Å². The third-order valence-electron chi connectivity index (χ3n) is 4.14. The Hall–Kier alpha value is -2.28. The van der Waals surface area contributed by atoms with Crippen LogP contribution in [0.2, 0.25) is 0 Å². The summed E-state index contributed by atoms with van der Waals surface area (Å²) < 4.78 is 1.81. The van der Waals surface area contributed by atoms with Crippen molar-refractivity contribution in [2.75, 3.05) is 5.32 Å². The van der Waals surface area contributed by atoms with Gasteiger partial charge in [0, 0.05) is 17.0 Å². The van der Waals surface area contributed by atoms with Gasteiger partial charge in [-0.2, -0.15) is 0 Å². The maximum absolute atomic E-state index is 12.4. The molecule has 3 aromatic rings. The number of nitrogens with zero attached hydrogens (tertiary/aromatic N) is 4. The van der Waals surface area contributed by atoms with E-state index in [0.29, 0.717) is 10.7 Å². The molecule has 0 unspecified atom stereocenters. The van der Waals surface area contributed by atoms with Crippen LogP contribution in [0.5, 0.6) is 0 Å². The van der Waals surface area contributed by atoms with Gasteiger partial charge in [-0.3, -0.25) is 10.1 Å². The fraction of sp³-hybridized carbons (Fsp3) is 0.375. The first-order valence-electron chi connectivity index (χ1n) is 7.88. The van der Waals surface area contributed by atoms with E-state index in [-0.39, 0.29) is 5.91 Å². The van der Waals surface area contributed by atoms with E-state index in [1.54, 1.807) is 23.5 Å². The number of aromatic nitrogens is 4. The number of anilines is 1. The van der Waals surface area contributed by atoms with Gasteiger partial charge in [0.15, 0.2) is 5.13 Å². The van der Waals surface area contributed by atoms with Crippen molar-refractivity contribution in [2.24, 2.45) is 0 Å². The lowest BCUT2D eigenvalue weighted by atomic mass is 10.0. The highest BCUT2D eigenvalue weighted by atomic mass is 32.1. The SMILES string of the molecule is CCn1nnc2cc(C(=O)Nc3nc4c(s3)CCCC4)ccc21. The van der Waals surface area contributed by atoms with Gasteiger partial charge in [0.05, 0.1) is 11.2 Å². The number of carbonyl (C=O) groups excluding carboxylic acids is 1. The summed E-state index contributed by atoms with van der Waals surface area (Å²) in [5, 5.41) is 11.8. The fourth-order valence-corrected chi connectivity index (χ4v) is 3.97. The number of benzene rings is 1. The van der Waals surface area contributed by atoms with Gasteiger partial charge in [-0.25, -0.2) is 9.67 Å². The topological polar surface area (TPSA) is 72.7 Å². The van der Waals surface area contributed by atoms with Gasteiger partial charge in [-0.1, -0.05) is 5.21 Å². The molecule has 23 heavy (non-hydrogen) atoms. The van der Waals surface area contributed by atoms with Gasteiger partial charge >= 0.3 is 0 Å². The molecule has 0 spiro atoms. The number of carbonyl (C=O) groups is 1. The molecule has 0 saturated heterocycles. The largest absolute Gasteiger partial charge is 0.298 e. The summed E-state index contributed by atoms with van der Waals surface area (Å²) in [5.41, 5.74) is 3.40. The van der Waals surface area contributed by atoms with Gasteiger partial charge in [0.1, 0.15) is 5.52 Å². The Morgan fingerprint density at radius 1 is 1.35 bits per heavy atom. The second kappa shape index (κ2) is 5.73. The van der Waals surface area contributed by atoms with E-state index in [0.717, 1.165) is 36.1 Å². The minimum atomic E-state index is -0.149. The summed E-state index contributed by atoms with van der Waals surface area (Å²) in [6.45, 7) is 2.77. The molecule has 0 aliphatic heterocycles. The molecule has 7 heteroatoms. The molecule has 1 aromatic carbocycles. The molecule has 118 valence electrons. The number of rotatable bonds is 3. The van der Waals surface area contributed by atoms with Crippen molar-refractivity contribution >= 4 is 33.4 Å². The molecule has 0 fully saturated rings. The molecule has 0 radical (unpaired) electrons. The van der Waals surface area contributed by atoms with Gasteiger partial charge in [-0.05, 0) is 50.8 Å². The number of fused-ring (bicyclic) bond motifs is 2. The molecule has 0 bridgehead atoms. The third-order valence-corrected chi connectivity index (χ3v) is 5.21. The lowest BCUT2D eigenvalue weighted by Gasteiger charge is -2.06. The van der Waals surface area contributed by atoms with E-state index in [9.17, 15) is 4.79 Å². The molecule has 1 aliphatic rings. The number of nitrogens with one attached hydrogen (secondary N) is 1. The van der Waals surface area contributed by atoms with Crippen molar-refractivity contribution in [3.8, 4) is 0 Å². The Kier molecular flexibility index (Phi) is 3.57. The quantitative estimate of drug-likeness (QED) is 0.802. The minimum Gasteiger partial charge on any atom is -0.298 e. The summed E-state index contributed by atoms with van der Waals surface area (Å²) in [4.78, 5) is 18.3. The number of hydrogen-bond acceptors (Lipinski definition) is 5. The maximum Gasteiger partial charge on any atom is 0.257 e. The summed E-state index contributed by atoms with van der Waals surface area (Å²) in [7, 11) is 0. The highest BCUT2D eigenvalue weighted by molar-refractivity contribution is 7.15. The van der Waals surface area contributed by atoms with Crippen molar-refractivity contribution in [3.05, 3.63) is 34.3 Å². The average Bonchev–Trinajstić information content (AvgIpc) is 3.16. The highest BCUT2D eigenvalue weighted by Crippen LogP contribution is 2.29. The van der Waals surface area contributed by atoms with Crippen molar-refractivity contribution < 1.29 is 4.79 Å². The van der Waals surface area contributed by atoms with Crippen LogP contribution in [0.4, 0.5) is 5.13 Å². The van der Waals surface area contributed by atoms with Crippen molar-refractivity contribution in [3.63, 3.8) is 0 Å². The first-order chi connectivity index (χ1) is 11.2. The summed E-state index contributed by atoms with van der Waals surface area (Å²) in [6.07, 6.45) is 4.50. The predicted octanol–water partition coefficient (Wildman–Crippen LogP) is 3.04. The van der Waals surface area contributed by atoms with E-state index in [1.165, 1.54) is 17.7 Å². The Morgan fingerprint density at radius 3 is 3.04 bits per heavy atom. The summed E-state index contributed by atoms with van der Waals surface area (Å²) in [6, 6.07) is 5.47. The Balaban J connectivity index is 1.57. The van der Waals surface area contributed by atoms with Gasteiger partial charge in [0.25, 0.3) is 5.91 Å². The second-order valence-corrected chi connectivity index (χ2v) is 6.74.